The lowest BCUT2D eigenvalue weighted by molar-refractivity contribution is 0.0944. The van der Waals surface area contributed by atoms with Gasteiger partial charge in [0.25, 0.3) is 5.91 Å². The lowest BCUT2D eigenvalue weighted by Gasteiger charge is -2.19. The molecule has 1 fully saturated rings. The van der Waals surface area contributed by atoms with Crippen LogP contribution in [-0.2, 0) is 10.0 Å². The zero-order valence-corrected chi connectivity index (χ0v) is 13.4. The van der Waals surface area contributed by atoms with Crippen molar-refractivity contribution in [2.75, 3.05) is 17.4 Å². The largest absolute Gasteiger partial charge is 0.361 e. The fourth-order valence-corrected chi connectivity index (χ4v) is 4.40. The molecule has 0 bridgehead atoms. The van der Waals surface area contributed by atoms with Crippen LogP contribution >= 0.6 is 0 Å². The molecule has 1 saturated heterocycles. The second-order valence-corrected chi connectivity index (χ2v) is 7.53. The summed E-state index contributed by atoms with van der Waals surface area (Å²) in [4.78, 5) is 11.9. The van der Waals surface area contributed by atoms with Gasteiger partial charge in [-0.2, -0.15) is 0 Å². The van der Waals surface area contributed by atoms with E-state index in [4.69, 9.17) is 4.52 Å². The summed E-state index contributed by atoms with van der Waals surface area (Å²) < 4.78 is 31.4. The van der Waals surface area contributed by atoms with Gasteiger partial charge in [0.2, 0.25) is 10.0 Å². The third kappa shape index (κ3) is 3.07. The quantitative estimate of drug-likeness (QED) is 0.910. The van der Waals surface area contributed by atoms with Gasteiger partial charge in [-0.25, -0.2) is 8.42 Å². The number of rotatable bonds is 4. The van der Waals surface area contributed by atoms with Crippen molar-refractivity contribution in [1.82, 2.24) is 10.5 Å². The van der Waals surface area contributed by atoms with Crippen molar-refractivity contribution < 1.29 is 17.7 Å². The second kappa shape index (κ2) is 6.04. The van der Waals surface area contributed by atoms with Crippen molar-refractivity contribution in [3.05, 3.63) is 47.9 Å². The molecule has 122 valence electrons. The minimum absolute atomic E-state index is 0.0520. The molecule has 0 radical (unpaired) electrons. The Morgan fingerprint density at radius 1 is 1.39 bits per heavy atom. The number of aromatic nitrogens is 1. The Labute approximate surface area is 134 Å². The maximum atomic E-state index is 12.6. The van der Waals surface area contributed by atoms with Crippen LogP contribution in [0.1, 0.15) is 22.7 Å². The van der Waals surface area contributed by atoms with E-state index < -0.39 is 21.2 Å². The number of sulfonamides is 1. The van der Waals surface area contributed by atoms with Crippen LogP contribution in [0.25, 0.3) is 0 Å². The SMILES string of the molecule is Cc1cc(C(=O)NCC2CCN(c3ccccc3)S2(=O)=O)no1. The Balaban J connectivity index is 1.67. The zero-order valence-electron chi connectivity index (χ0n) is 12.6. The highest BCUT2D eigenvalue weighted by atomic mass is 32.2. The van der Waals surface area contributed by atoms with E-state index in [1.54, 1.807) is 31.2 Å². The minimum Gasteiger partial charge on any atom is -0.361 e. The minimum atomic E-state index is -3.48. The van der Waals surface area contributed by atoms with Gasteiger partial charge in [-0.1, -0.05) is 23.4 Å². The summed E-state index contributed by atoms with van der Waals surface area (Å²) in [7, 11) is -3.48. The molecule has 1 aromatic carbocycles. The first-order valence-electron chi connectivity index (χ1n) is 7.26. The zero-order chi connectivity index (χ0) is 16.4. The van der Waals surface area contributed by atoms with Gasteiger partial charge in [0.1, 0.15) is 5.76 Å². The first kappa shape index (κ1) is 15.5. The predicted molar refractivity (Wildman–Crippen MR) is 84.7 cm³/mol. The second-order valence-electron chi connectivity index (χ2n) is 5.40. The lowest BCUT2D eigenvalue weighted by atomic mass is 10.2. The van der Waals surface area contributed by atoms with Gasteiger partial charge in [-0.15, -0.1) is 0 Å². The summed E-state index contributed by atoms with van der Waals surface area (Å²) in [6.45, 7) is 2.15. The fraction of sp³-hybridized carbons (Fsp3) is 0.333. The van der Waals surface area contributed by atoms with Crippen LogP contribution in [0.2, 0.25) is 0 Å². The molecule has 8 heteroatoms. The average Bonchev–Trinajstić information content (AvgIpc) is 3.09. The molecule has 2 heterocycles. The lowest BCUT2D eigenvalue weighted by Crippen LogP contribution is -2.37. The van der Waals surface area contributed by atoms with E-state index in [1.807, 2.05) is 6.07 Å². The number of hydrogen-bond acceptors (Lipinski definition) is 5. The molecular weight excluding hydrogens is 318 g/mol. The number of nitrogens with zero attached hydrogens (tertiary/aromatic N) is 2. The fourth-order valence-electron chi connectivity index (χ4n) is 2.57. The smallest absolute Gasteiger partial charge is 0.273 e. The topological polar surface area (TPSA) is 92.5 Å². The number of para-hydroxylation sites is 1. The van der Waals surface area contributed by atoms with Crippen molar-refractivity contribution >= 4 is 21.6 Å². The van der Waals surface area contributed by atoms with Crippen LogP contribution in [0.3, 0.4) is 0 Å². The van der Waals surface area contributed by atoms with Crippen molar-refractivity contribution in [1.29, 1.82) is 0 Å². The van der Waals surface area contributed by atoms with Crippen molar-refractivity contribution in [3.63, 3.8) is 0 Å². The monoisotopic (exact) mass is 335 g/mol. The van der Waals surface area contributed by atoms with Crippen molar-refractivity contribution in [2.24, 2.45) is 0 Å². The number of hydrogen-bond donors (Lipinski definition) is 1. The van der Waals surface area contributed by atoms with Crippen LogP contribution < -0.4 is 9.62 Å². The van der Waals surface area contributed by atoms with Gasteiger partial charge in [0.05, 0.1) is 10.9 Å². The molecule has 7 nitrogen and oxygen atoms in total. The predicted octanol–water partition coefficient (Wildman–Crippen LogP) is 1.32. The van der Waals surface area contributed by atoms with Crippen LogP contribution in [0, 0.1) is 6.92 Å². The van der Waals surface area contributed by atoms with Gasteiger partial charge in [0, 0.05) is 19.2 Å². The van der Waals surface area contributed by atoms with Gasteiger partial charge in [-0.3, -0.25) is 9.10 Å². The van der Waals surface area contributed by atoms with E-state index >= 15 is 0 Å². The molecule has 2 aromatic rings. The van der Waals surface area contributed by atoms with Gasteiger partial charge < -0.3 is 9.84 Å². The van der Waals surface area contributed by atoms with Crippen LogP contribution in [0.5, 0.6) is 0 Å². The Hall–Kier alpha value is -2.35. The number of nitrogens with one attached hydrogen (secondary N) is 1. The molecule has 0 saturated carbocycles. The van der Waals surface area contributed by atoms with E-state index in [9.17, 15) is 13.2 Å². The number of carbonyl (C=O) groups excluding carboxylic acids is 1. The Bertz CT molecular complexity index is 801. The molecule has 1 aliphatic heterocycles. The van der Waals surface area contributed by atoms with Gasteiger partial charge in [0.15, 0.2) is 5.69 Å². The maximum absolute atomic E-state index is 12.6. The number of amides is 1. The Morgan fingerprint density at radius 3 is 2.78 bits per heavy atom. The van der Waals surface area contributed by atoms with Crippen molar-refractivity contribution in [3.8, 4) is 0 Å². The average molecular weight is 335 g/mol. The van der Waals surface area contributed by atoms with E-state index in [1.165, 1.54) is 10.4 Å². The number of benzene rings is 1. The molecule has 0 spiro atoms. The normalized spacial score (nSPS) is 19.7. The molecule has 1 amide bonds. The first-order valence-corrected chi connectivity index (χ1v) is 8.77. The molecule has 1 atom stereocenters. The molecule has 1 unspecified atom stereocenters. The Morgan fingerprint density at radius 2 is 2.13 bits per heavy atom. The summed E-state index contributed by atoms with van der Waals surface area (Å²) in [6.07, 6.45) is 0.468. The molecule has 1 aliphatic rings. The van der Waals surface area contributed by atoms with E-state index in [0.29, 0.717) is 24.4 Å². The highest BCUT2D eigenvalue weighted by molar-refractivity contribution is 7.93. The van der Waals surface area contributed by atoms with E-state index in [-0.39, 0.29) is 12.2 Å². The van der Waals surface area contributed by atoms with E-state index in [2.05, 4.69) is 10.5 Å². The molecule has 1 N–H and O–H groups in total. The molecule has 23 heavy (non-hydrogen) atoms. The highest BCUT2D eigenvalue weighted by Crippen LogP contribution is 2.28. The van der Waals surface area contributed by atoms with Crippen molar-refractivity contribution in [2.45, 2.75) is 18.6 Å². The standard InChI is InChI=1S/C15H17N3O4S/c1-11-9-14(17-22-11)15(19)16-10-13-7-8-18(23(13,20)21)12-5-3-2-4-6-12/h2-6,9,13H,7-8,10H2,1H3,(H,16,19). The van der Waals surface area contributed by atoms with E-state index in [0.717, 1.165) is 0 Å². The van der Waals surface area contributed by atoms with Crippen LogP contribution in [0.4, 0.5) is 5.69 Å². The highest BCUT2D eigenvalue weighted by Gasteiger charge is 2.39. The summed E-state index contributed by atoms with van der Waals surface area (Å²) in [6, 6.07) is 10.5. The summed E-state index contributed by atoms with van der Waals surface area (Å²) in [5, 5.41) is 5.59. The Kier molecular flexibility index (Phi) is 4.08. The summed E-state index contributed by atoms with van der Waals surface area (Å²) >= 11 is 0. The number of anilines is 1. The number of carbonyl (C=O) groups is 1. The molecule has 1 aromatic heterocycles. The summed E-state index contributed by atoms with van der Waals surface area (Å²) in [5.41, 5.74) is 0.797. The van der Waals surface area contributed by atoms with Gasteiger partial charge >= 0.3 is 0 Å². The molecule has 0 aliphatic carbocycles. The molecular formula is C15H17N3O4S. The van der Waals surface area contributed by atoms with Crippen LogP contribution in [-0.4, -0.2) is 37.8 Å². The third-order valence-corrected chi connectivity index (χ3v) is 6.03. The maximum Gasteiger partial charge on any atom is 0.273 e. The first-order chi connectivity index (χ1) is 11.0. The summed E-state index contributed by atoms with van der Waals surface area (Å²) in [5.74, 6) is 0.0918. The number of aryl methyl sites for hydroxylation is 1. The van der Waals surface area contributed by atoms with Crippen LogP contribution in [0.15, 0.2) is 40.9 Å². The third-order valence-electron chi connectivity index (χ3n) is 3.78. The molecule has 3 rings (SSSR count). The van der Waals surface area contributed by atoms with Gasteiger partial charge in [-0.05, 0) is 25.5 Å².